The van der Waals surface area contributed by atoms with Gasteiger partial charge in [0.2, 0.25) is 0 Å². The first kappa shape index (κ1) is 13.4. The number of aromatic carboxylic acids is 1. The van der Waals surface area contributed by atoms with Crippen molar-refractivity contribution in [1.82, 2.24) is 4.57 Å². The molecule has 0 radical (unpaired) electrons. The highest BCUT2D eigenvalue weighted by Crippen LogP contribution is 2.20. The maximum Gasteiger partial charge on any atom is 0.335 e. The number of benzene rings is 2. The van der Waals surface area contributed by atoms with Crippen LogP contribution in [0.15, 0.2) is 48.7 Å². The number of hydrogen-bond acceptors (Lipinski definition) is 1. The Kier molecular flexibility index (Phi) is 3.22. The Morgan fingerprint density at radius 1 is 1.19 bits per heavy atom. The number of aryl methyl sites for hydroxylation is 1. The van der Waals surface area contributed by atoms with Gasteiger partial charge in [0.25, 0.3) is 0 Å². The molecule has 0 bridgehead atoms. The largest absolute Gasteiger partial charge is 0.478 e. The topological polar surface area (TPSA) is 42.2 Å². The molecule has 1 aromatic heterocycles. The SMILES string of the molecule is Cc1ccc2c(ccn2Cc2ccc(C(=O)O)cc2F)c1. The van der Waals surface area contributed by atoms with Crippen LogP contribution in [0, 0.1) is 12.7 Å². The summed E-state index contributed by atoms with van der Waals surface area (Å²) < 4.78 is 15.9. The number of rotatable bonds is 3. The molecule has 106 valence electrons. The van der Waals surface area contributed by atoms with Crippen LogP contribution in [0.1, 0.15) is 21.5 Å². The molecule has 0 aliphatic heterocycles. The van der Waals surface area contributed by atoms with Gasteiger partial charge in [0.05, 0.1) is 12.1 Å². The van der Waals surface area contributed by atoms with Gasteiger partial charge in [-0.1, -0.05) is 17.7 Å². The van der Waals surface area contributed by atoms with E-state index < -0.39 is 11.8 Å². The van der Waals surface area contributed by atoms with E-state index in [4.69, 9.17) is 5.11 Å². The monoisotopic (exact) mass is 283 g/mol. The zero-order chi connectivity index (χ0) is 15.0. The number of carboxylic acid groups (broad SMARTS) is 1. The van der Waals surface area contributed by atoms with Gasteiger partial charge >= 0.3 is 5.97 Å². The lowest BCUT2D eigenvalue weighted by Gasteiger charge is -2.08. The van der Waals surface area contributed by atoms with E-state index in [1.54, 1.807) is 0 Å². The first-order valence-corrected chi connectivity index (χ1v) is 6.62. The number of carbonyl (C=O) groups is 1. The van der Waals surface area contributed by atoms with E-state index in [1.807, 2.05) is 35.9 Å². The van der Waals surface area contributed by atoms with Crippen LogP contribution in [0.4, 0.5) is 4.39 Å². The van der Waals surface area contributed by atoms with Crippen molar-refractivity contribution in [2.24, 2.45) is 0 Å². The number of carboxylic acids is 1. The summed E-state index contributed by atoms with van der Waals surface area (Å²) in [6.07, 6.45) is 1.91. The molecule has 3 rings (SSSR count). The lowest BCUT2D eigenvalue weighted by Crippen LogP contribution is -2.03. The van der Waals surface area contributed by atoms with Gasteiger partial charge in [-0.05, 0) is 42.6 Å². The van der Waals surface area contributed by atoms with Crippen LogP contribution >= 0.6 is 0 Å². The van der Waals surface area contributed by atoms with Gasteiger partial charge < -0.3 is 9.67 Å². The molecule has 0 aliphatic carbocycles. The Labute approximate surface area is 121 Å². The average molecular weight is 283 g/mol. The van der Waals surface area contributed by atoms with Crippen molar-refractivity contribution < 1.29 is 14.3 Å². The van der Waals surface area contributed by atoms with Crippen LogP contribution in [-0.4, -0.2) is 15.6 Å². The fraction of sp³-hybridized carbons (Fsp3) is 0.118. The molecule has 0 saturated heterocycles. The summed E-state index contributed by atoms with van der Waals surface area (Å²) >= 11 is 0. The van der Waals surface area contributed by atoms with Crippen LogP contribution in [0.3, 0.4) is 0 Å². The zero-order valence-electron chi connectivity index (χ0n) is 11.5. The third-order valence-corrected chi connectivity index (χ3v) is 3.57. The predicted octanol–water partition coefficient (Wildman–Crippen LogP) is 3.84. The maximum absolute atomic E-state index is 14.0. The summed E-state index contributed by atoms with van der Waals surface area (Å²) in [4.78, 5) is 10.8. The highest BCUT2D eigenvalue weighted by molar-refractivity contribution is 5.87. The Hall–Kier alpha value is -2.62. The number of hydrogen-bond donors (Lipinski definition) is 1. The minimum Gasteiger partial charge on any atom is -0.478 e. The first-order valence-electron chi connectivity index (χ1n) is 6.62. The van der Waals surface area contributed by atoms with Gasteiger partial charge in [-0.3, -0.25) is 0 Å². The van der Waals surface area contributed by atoms with Crippen molar-refractivity contribution in [1.29, 1.82) is 0 Å². The Balaban J connectivity index is 1.97. The smallest absolute Gasteiger partial charge is 0.335 e. The Bertz CT molecular complexity index is 836. The summed E-state index contributed by atoms with van der Waals surface area (Å²) in [5.74, 6) is -1.62. The van der Waals surface area contributed by atoms with Crippen LogP contribution < -0.4 is 0 Å². The van der Waals surface area contributed by atoms with E-state index in [0.29, 0.717) is 12.1 Å². The van der Waals surface area contributed by atoms with Gasteiger partial charge in [-0.2, -0.15) is 0 Å². The second-order valence-corrected chi connectivity index (χ2v) is 5.12. The lowest BCUT2D eigenvalue weighted by molar-refractivity contribution is 0.0696. The van der Waals surface area contributed by atoms with Crippen molar-refractivity contribution in [2.45, 2.75) is 13.5 Å². The van der Waals surface area contributed by atoms with Gasteiger partial charge in [0, 0.05) is 17.3 Å². The third-order valence-electron chi connectivity index (χ3n) is 3.57. The van der Waals surface area contributed by atoms with Gasteiger partial charge in [0.15, 0.2) is 0 Å². The number of fused-ring (bicyclic) bond motifs is 1. The molecule has 0 atom stereocenters. The second-order valence-electron chi connectivity index (χ2n) is 5.12. The standard InChI is InChI=1S/C17H14FNO2/c1-11-2-5-16-12(8-11)6-7-19(16)10-14-4-3-13(17(20)21)9-15(14)18/h2-9H,10H2,1H3,(H,20,21). The average Bonchev–Trinajstić information content (AvgIpc) is 2.83. The second kappa shape index (κ2) is 5.05. The fourth-order valence-electron chi connectivity index (χ4n) is 2.45. The normalized spacial score (nSPS) is 11.0. The molecule has 3 nitrogen and oxygen atoms in total. The van der Waals surface area contributed by atoms with Gasteiger partial charge in [0.1, 0.15) is 5.82 Å². The minimum atomic E-state index is -1.12. The molecular formula is C17H14FNO2. The predicted molar refractivity (Wildman–Crippen MR) is 79.1 cm³/mol. The third kappa shape index (κ3) is 2.52. The summed E-state index contributed by atoms with van der Waals surface area (Å²) in [5.41, 5.74) is 2.64. The summed E-state index contributed by atoms with van der Waals surface area (Å²) in [7, 11) is 0. The van der Waals surface area contributed by atoms with Crippen molar-refractivity contribution in [3.8, 4) is 0 Å². The number of nitrogens with zero attached hydrogens (tertiary/aromatic N) is 1. The van der Waals surface area contributed by atoms with Crippen LogP contribution in [-0.2, 0) is 6.54 Å². The van der Waals surface area contributed by atoms with E-state index in [2.05, 4.69) is 6.07 Å². The van der Waals surface area contributed by atoms with Crippen molar-refractivity contribution in [3.05, 3.63) is 71.2 Å². The zero-order valence-corrected chi connectivity index (χ0v) is 11.5. The fourth-order valence-corrected chi connectivity index (χ4v) is 2.45. The van der Waals surface area contributed by atoms with Crippen molar-refractivity contribution in [3.63, 3.8) is 0 Å². The summed E-state index contributed by atoms with van der Waals surface area (Å²) in [6.45, 7) is 2.40. The Morgan fingerprint density at radius 3 is 2.71 bits per heavy atom. The number of halogens is 1. The van der Waals surface area contributed by atoms with Crippen LogP contribution in [0.2, 0.25) is 0 Å². The van der Waals surface area contributed by atoms with Crippen LogP contribution in [0.25, 0.3) is 10.9 Å². The molecule has 0 aliphatic rings. The van der Waals surface area contributed by atoms with Crippen molar-refractivity contribution in [2.75, 3.05) is 0 Å². The first-order chi connectivity index (χ1) is 10.0. The van der Waals surface area contributed by atoms with Crippen molar-refractivity contribution >= 4 is 16.9 Å². The Morgan fingerprint density at radius 2 is 2.00 bits per heavy atom. The molecule has 0 fully saturated rings. The summed E-state index contributed by atoms with van der Waals surface area (Å²) in [5, 5.41) is 9.96. The molecular weight excluding hydrogens is 269 g/mol. The highest BCUT2D eigenvalue weighted by atomic mass is 19.1. The number of aromatic nitrogens is 1. The van der Waals surface area contributed by atoms with E-state index in [0.717, 1.165) is 17.0 Å². The highest BCUT2D eigenvalue weighted by Gasteiger charge is 2.10. The summed E-state index contributed by atoms with van der Waals surface area (Å²) in [6, 6.07) is 12.1. The maximum atomic E-state index is 14.0. The molecule has 0 amide bonds. The van der Waals surface area contributed by atoms with Gasteiger partial charge in [-0.15, -0.1) is 0 Å². The van der Waals surface area contributed by atoms with E-state index >= 15 is 0 Å². The molecule has 0 spiro atoms. The molecule has 0 unspecified atom stereocenters. The van der Waals surface area contributed by atoms with E-state index in [-0.39, 0.29) is 5.56 Å². The lowest BCUT2D eigenvalue weighted by atomic mass is 10.1. The minimum absolute atomic E-state index is 0.0377. The van der Waals surface area contributed by atoms with Gasteiger partial charge in [-0.25, -0.2) is 9.18 Å². The molecule has 0 saturated carbocycles. The molecule has 1 heterocycles. The van der Waals surface area contributed by atoms with E-state index in [9.17, 15) is 9.18 Å². The quantitative estimate of drug-likeness (QED) is 0.793. The van der Waals surface area contributed by atoms with E-state index in [1.165, 1.54) is 17.7 Å². The molecule has 3 aromatic rings. The molecule has 2 aromatic carbocycles. The molecule has 4 heteroatoms. The molecule has 1 N–H and O–H groups in total. The van der Waals surface area contributed by atoms with Crippen LogP contribution in [0.5, 0.6) is 0 Å². The molecule has 21 heavy (non-hydrogen) atoms.